The van der Waals surface area contributed by atoms with Gasteiger partial charge < -0.3 is 5.32 Å². The number of ketones is 1. The lowest BCUT2D eigenvalue weighted by Crippen LogP contribution is -2.41. The molecule has 0 aliphatic carbocycles. The summed E-state index contributed by atoms with van der Waals surface area (Å²) in [6.07, 6.45) is 1.59. The van der Waals surface area contributed by atoms with E-state index in [4.69, 9.17) is 0 Å². The minimum atomic E-state index is 0.0602. The van der Waals surface area contributed by atoms with Crippen molar-refractivity contribution in [2.24, 2.45) is 5.92 Å². The van der Waals surface area contributed by atoms with E-state index in [2.05, 4.69) is 33.0 Å². The van der Waals surface area contributed by atoms with Gasteiger partial charge in [-0.1, -0.05) is 34.6 Å². The number of hydrogen-bond acceptors (Lipinski definition) is 2. The number of hydrogen-bond donors (Lipinski definition) is 1. The van der Waals surface area contributed by atoms with Crippen LogP contribution in [0, 0.1) is 5.92 Å². The van der Waals surface area contributed by atoms with Crippen LogP contribution < -0.4 is 5.32 Å². The highest BCUT2D eigenvalue weighted by Gasteiger charge is 2.17. The van der Waals surface area contributed by atoms with Crippen molar-refractivity contribution in [3.63, 3.8) is 0 Å². The Morgan fingerprint density at radius 2 is 1.77 bits per heavy atom. The topological polar surface area (TPSA) is 29.1 Å². The van der Waals surface area contributed by atoms with Gasteiger partial charge in [0, 0.05) is 12.5 Å². The Morgan fingerprint density at radius 1 is 1.23 bits per heavy atom. The quantitative estimate of drug-likeness (QED) is 0.688. The summed E-state index contributed by atoms with van der Waals surface area (Å²) in [7, 11) is 0. The summed E-state index contributed by atoms with van der Waals surface area (Å²) in [5.74, 6) is 0.911. The molecular weight excluding hydrogens is 162 g/mol. The molecule has 2 heteroatoms. The normalized spacial score (nSPS) is 13.8. The van der Waals surface area contributed by atoms with E-state index in [1.165, 1.54) is 0 Å². The van der Waals surface area contributed by atoms with Crippen molar-refractivity contribution in [3.05, 3.63) is 0 Å². The smallest absolute Gasteiger partial charge is 0.149 e. The summed E-state index contributed by atoms with van der Waals surface area (Å²) in [6.45, 7) is 10.4. The number of Topliss-reactive ketones (excluding diaryl/α,β-unsaturated/α-hetero) is 1. The van der Waals surface area contributed by atoms with Gasteiger partial charge in [-0.15, -0.1) is 0 Å². The first-order valence-corrected chi connectivity index (χ1v) is 5.26. The van der Waals surface area contributed by atoms with E-state index >= 15 is 0 Å². The molecule has 0 bridgehead atoms. The molecule has 0 aliphatic rings. The van der Waals surface area contributed by atoms with Gasteiger partial charge in [-0.3, -0.25) is 4.79 Å². The molecule has 0 amide bonds. The number of nitrogens with one attached hydrogen (secondary N) is 1. The molecule has 0 spiro atoms. The second kappa shape index (κ2) is 6.14. The summed E-state index contributed by atoms with van der Waals surface area (Å²) >= 11 is 0. The fourth-order valence-corrected chi connectivity index (χ4v) is 1.41. The summed E-state index contributed by atoms with van der Waals surface area (Å²) in [5.41, 5.74) is 0. The number of carbonyl (C=O) groups excluding carboxylic acids is 1. The molecule has 78 valence electrons. The Bertz CT molecular complexity index is 142. The maximum atomic E-state index is 11.5. The van der Waals surface area contributed by atoms with E-state index in [0.29, 0.717) is 24.2 Å². The van der Waals surface area contributed by atoms with Crippen LogP contribution in [0.4, 0.5) is 0 Å². The third kappa shape index (κ3) is 5.81. The third-order valence-electron chi connectivity index (χ3n) is 1.98. The molecule has 0 saturated carbocycles. The monoisotopic (exact) mass is 185 g/mol. The summed E-state index contributed by atoms with van der Waals surface area (Å²) in [5, 5.41) is 3.31. The van der Waals surface area contributed by atoms with Crippen LogP contribution in [0.5, 0.6) is 0 Å². The van der Waals surface area contributed by atoms with Crippen LogP contribution in [0.3, 0.4) is 0 Å². The van der Waals surface area contributed by atoms with Crippen LogP contribution in [-0.2, 0) is 4.79 Å². The van der Waals surface area contributed by atoms with Gasteiger partial charge in [0.25, 0.3) is 0 Å². The SMILES string of the molecule is CCC(=O)C(CC(C)C)NC(C)C. The number of rotatable bonds is 6. The van der Waals surface area contributed by atoms with Crippen LogP contribution in [-0.4, -0.2) is 17.9 Å². The molecule has 0 aromatic heterocycles. The van der Waals surface area contributed by atoms with E-state index in [-0.39, 0.29) is 6.04 Å². The minimum absolute atomic E-state index is 0.0602. The molecule has 0 saturated heterocycles. The van der Waals surface area contributed by atoms with E-state index in [1.807, 2.05) is 6.92 Å². The molecule has 0 aromatic carbocycles. The second-order valence-electron chi connectivity index (χ2n) is 4.32. The highest BCUT2D eigenvalue weighted by molar-refractivity contribution is 5.83. The fraction of sp³-hybridized carbons (Fsp3) is 0.909. The Balaban J connectivity index is 4.10. The van der Waals surface area contributed by atoms with Crippen molar-refractivity contribution in [1.82, 2.24) is 5.32 Å². The van der Waals surface area contributed by atoms with E-state index in [0.717, 1.165) is 6.42 Å². The van der Waals surface area contributed by atoms with Gasteiger partial charge in [-0.2, -0.15) is 0 Å². The van der Waals surface area contributed by atoms with Gasteiger partial charge in [0.15, 0.2) is 0 Å². The van der Waals surface area contributed by atoms with E-state index in [9.17, 15) is 4.79 Å². The Morgan fingerprint density at radius 3 is 2.08 bits per heavy atom. The molecule has 0 radical (unpaired) electrons. The third-order valence-corrected chi connectivity index (χ3v) is 1.98. The first kappa shape index (κ1) is 12.6. The predicted octanol–water partition coefficient (Wildman–Crippen LogP) is 2.38. The van der Waals surface area contributed by atoms with Gasteiger partial charge >= 0.3 is 0 Å². The van der Waals surface area contributed by atoms with Crippen molar-refractivity contribution in [3.8, 4) is 0 Å². The zero-order chi connectivity index (χ0) is 10.4. The molecule has 0 fully saturated rings. The highest BCUT2D eigenvalue weighted by Crippen LogP contribution is 2.07. The highest BCUT2D eigenvalue weighted by atomic mass is 16.1. The first-order chi connectivity index (χ1) is 5.97. The molecule has 0 aromatic rings. The van der Waals surface area contributed by atoms with Gasteiger partial charge in [0.1, 0.15) is 5.78 Å². The largest absolute Gasteiger partial charge is 0.305 e. The lowest BCUT2D eigenvalue weighted by Gasteiger charge is -2.21. The average Bonchev–Trinajstić information content (AvgIpc) is 2.00. The van der Waals surface area contributed by atoms with E-state index in [1.54, 1.807) is 0 Å². The summed E-state index contributed by atoms with van der Waals surface area (Å²) in [4.78, 5) is 11.5. The zero-order valence-electron chi connectivity index (χ0n) is 9.55. The zero-order valence-corrected chi connectivity index (χ0v) is 9.55. The standard InChI is InChI=1S/C11H23NO/c1-6-11(13)10(7-8(2)3)12-9(4)5/h8-10,12H,6-7H2,1-5H3. The van der Waals surface area contributed by atoms with Crippen LogP contribution in [0.15, 0.2) is 0 Å². The van der Waals surface area contributed by atoms with E-state index < -0.39 is 0 Å². The Kier molecular flexibility index (Phi) is 5.97. The van der Waals surface area contributed by atoms with Gasteiger partial charge in [0.05, 0.1) is 6.04 Å². The van der Waals surface area contributed by atoms with Crippen molar-refractivity contribution in [2.45, 2.75) is 59.5 Å². The Labute approximate surface area is 82.1 Å². The van der Waals surface area contributed by atoms with Crippen molar-refractivity contribution in [2.75, 3.05) is 0 Å². The summed E-state index contributed by atoms with van der Waals surface area (Å²) < 4.78 is 0. The molecule has 2 nitrogen and oxygen atoms in total. The molecule has 0 rings (SSSR count). The number of carbonyl (C=O) groups is 1. The molecule has 1 unspecified atom stereocenters. The Hall–Kier alpha value is -0.370. The summed E-state index contributed by atoms with van der Waals surface area (Å²) in [6, 6.07) is 0.448. The molecule has 13 heavy (non-hydrogen) atoms. The first-order valence-electron chi connectivity index (χ1n) is 5.26. The predicted molar refractivity (Wildman–Crippen MR) is 56.8 cm³/mol. The minimum Gasteiger partial charge on any atom is -0.305 e. The van der Waals surface area contributed by atoms with Gasteiger partial charge in [-0.25, -0.2) is 0 Å². The second-order valence-corrected chi connectivity index (χ2v) is 4.32. The maximum Gasteiger partial charge on any atom is 0.149 e. The van der Waals surface area contributed by atoms with Crippen LogP contribution in [0.2, 0.25) is 0 Å². The van der Waals surface area contributed by atoms with Crippen molar-refractivity contribution >= 4 is 5.78 Å². The molecular formula is C11H23NO. The molecule has 1 N–H and O–H groups in total. The van der Waals surface area contributed by atoms with Crippen LogP contribution in [0.1, 0.15) is 47.5 Å². The average molecular weight is 185 g/mol. The van der Waals surface area contributed by atoms with Crippen molar-refractivity contribution in [1.29, 1.82) is 0 Å². The lowest BCUT2D eigenvalue weighted by atomic mass is 9.98. The fourth-order valence-electron chi connectivity index (χ4n) is 1.41. The van der Waals surface area contributed by atoms with Gasteiger partial charge in [0.2, 0.25) is 0 Å². The maximum absolute atomic E-state index is 11.5. The van der Waals surface area contributed by atoms with Crippen LogP contribution >= 0.6 is 0 Å². The molecule has 1 atom stereocenters. The van der Waals surface area contributed by atoms with Crippen molar-refractivity contribution < 1.29 is 4.79 Å². The molecule has 0 heterocycles. The molecule has 0 aliphatic heterocycles. The van der Waals surface area contributed by atoms with Crippen LogP contribution in [0.25, 0.3) is 0 Å². The lowest BCUT2D eigenvalue weighted by molar-refractivity contribution is -0.121. The van der Waals surface area contributed by atoms with Gasteiger partial charge in [-0.05, 0) is 12.3 Å².